The Balaban J connectivity index is 1.95. The number of rotatable bonds is 4. The van der Waals surface area contributed by atoms with Crippen molar-refractivity contribution in [1.82, 2.24) is 0 Å². The van der Waals surface area contributed by atoms with Crippen molar-refractivity contribution in [2.24, 2.45) is 0 Å². The van der Waals surface area contributed by atoms with Crippen molar-refractivity contribution in [2.45, 2.75) is 76.5 Å². The molecule has 0 radical (unpaired) electrons. The Bertz CT molecular complexity index is 675. The highest BCUT2D eigenvalue weighted by molar-refractivity contribution is 5.82. The fraction of sp³-hybridized carbons (Fsp3) is 0.591. The fourth-order valence-electron chi connectivity index (χ4n) is 4.00. The van der Waals surface area contributed by atoms with Crippen LogP contribution in [0, 0.1) is 0 Å². The van der Waals surface area contributed by atoms with Gasteiger partial charge in [0.15, 0.2) is 0 Å². The lowest BCUT2D eigenvalue weighted by Gasteiger charge is -2.42. The first-order chi connectivity index (χ1) is 11.2. The van der Waals surface area contributed by atoms with E-state index < -0.39 is 0 Å². The topological polar surface area (TPSA) is 26.3 Å². The maximum Gasteiger partial charge on any atom is 0.330 e. The quantitative estimate of drug-likeness (QED) is 0.562. The molecular weight excluding hydrogens is 296 g/mol. The predicted octanol–water partition coefficient (Wildman–Crippen LogP) is 5.19. The molecule has 0 aliphatic heterocycles. The van der Waals surface area contributed by atoms with E-state index in [2.05, 4.69) is 52.0 Å². The molecule has 0 bridgehead atoms. The summed E-state index contributed by atoms with van der Waals surface area (Å²) in [6.45, 7) is 11.7. The van der Waals surface area contributed by atoms with Crippen LogP contribution >= 0.6 is 0 Å². The second-order valence-corrected chi connectivity index (χ2v) is 8.77. The van der Waals surface area contributed by atoms with Gasteiger partial charge in [0.1, 0.15) is 0 Å². The van der Waals surface area contributed by atoms with Gasteiger partial charge in [-0.3, -0.25) is 0 Å². The first-order valence-electron chi connectivity index (χ1n) is 9.22. The molecule has 0 amide bonds. The molecule has 2 nitrogen and oxygen atoms in total. The zero-order chi connectivity index (χ0) is 17.6. The maximum absolute atomic E-state index is 11.7. The number of carbonyl (C=O) groups is 1. The van der Waals surface area contributed by atoms with Gasteiger partial charge in [-0.1, -0.05) is 52.0 Å². The summed E-state index contributed by atoms with van der Waals surface area (Å²) < 4.78 is 5.03. The number of benzene rings is 1. The molecule has 24 heavy (non-hydrogen) atoms. The Kier molecular flexibility index (Phi) is 4.14. The van der Waals surface area contributed by atoms with Crippen molar-refractivity contribution >= 4 is 5.97 Å². The Hall–Kier alpha value is -1.57. The van der Waals surface area contributed by atoms with E-state index in [-0.39, 0.29) is 22.2 Å². The van der Waals surface area contributed by atoms with Gasteiger partial charge in [0.05, 0.1) is 6.61 Å². The van der Waals surface area contributed by atoms with Crippen LogP contribution in [0.5, 0.6) is 0 Å². The smallest absolute Gasteiger partial charge is 0.330 e. The van der Waals surface area contributed by atoms with Crippen molar-refractivity contribution in [1.29, 1.82) is 0 Å². The average Bonchev–Trinajstić information content (AvgIpc) is 3.31. The van der Waals surface area contributed by atoms with Crippen LogP contribution in [0.25, 0.3) is 0 Å². The highest BCUT2D eigenvalue weighted by Gasteiger charge is 2.44. The molecule has 0 N–H and O–H groups in total. The highest BCUT2D eigenvalue weighted by Crippen LogP contribution is 2.52. The third-order valence-electron chi connectivity index (χ3n) is 6.04. The Labute approximate surface area is 146 Å². The number of hydrogen-bond acceptors (Lipinski definition) is 2. The molecule has 1 aromatic carbocycles. The van der Waals surface area contributed by atoms with Gasteiger partial charge in [-0.05, 0) is 60.1 Å². The normalized spacial score (nSPS) is 22.9. The van der Waals surface area contributed by atoms with E-state index in [1.807, 2.05) is 6.92 Å². The monoisotopic (exact) mass is 326 g/mol. The average molecular weight is 326 g/mol. The lowest BCUT2D eigenvalue weighted by atomic mass is 9.62. The summed E-state index contributed by atoms with van der Waals surface area (Å²) in [5.41, 5.74) is 4.86. The molecule has 0 spiro atoms. The van der Waals surface area contributed by atoms with Gasteiger partial charge in [0.2, 0.25) is 0 Å². The molecule has 130 valence electrons. The van der Waals surface area contributed by atoms with Crippen LogP contribution in [0.1, 0.15) is 77.0 Å². The predicted molar refractivity (Wildman–Crippen MR) is 98.4 cm³/mol. The Morgan fingerprint density at radius 1 is 1.04 bits per heavy atom. The van der Waals surface area contributed by atoms with E-state index in [1.165, 1.54) is 29.5 Å². The number of esters is 1. The highest BCUT2D eigenvalue weighted by atomic mass is 16.5. The minimum absolute atomic E-state index is 0.0411. The lowest BCUT2D eigenvalue weighted by Crippen LogP contribution is -2.34. The summed E-state index contributed by atoms with van der Waals surface area (Å²) in [5, 5.41) is 0. The summed E-state index contributed by atoms with van der Waals surface area (Å²) >= 11 is 0. The fourth-order valence-corrected chi connectivity index (χ4v) is 4.00. The molecule has 3 rings (SSSR count). The molecule has 0 unspecified atom stereocenters. The van der Waals surface area contributed by atoms with Crippen molar-refractivity contribution < 1.29 is 9.53 Å². The largest absolute Gasteiger partial charge is 0.463 e. The van der Waals surface area contributed by atoms with Crippen molar-refractivity contribution in [3.63, 3.8) is 0 Å². The van der Waals surface area contributed by atoms with Gasteiger partial charge in [-0.25, -0.2) is 4.79 Å². The third kappa shape index (κ3) is 3.03. The van der Waals surface area contributed by atoms with E-state index >= 15 is 0 Å². The van der Waals surface area contributed by atoms with Gasteiger partial charge in [-0.15, -0.1) is 0 Å². The zero-order valence-electron chi connectivity index (χ0n) is 15.7. The zero-order valence-corrected chi connectivity index (χ0v) is 15.7. The summed E-state index contributed by atoms with van der Waals surface area (Å²) in [7, 11) is 0. The van der Waals surface area contributed by atoms with Crippen LogP contribution in [0.2, 0.25) is 0 Å². The van der Waals surface area contributed by atoms with Crippen LogP contribution in [-0.2, 0) is 25.8 Å². The van der Waals surface area contributed by atoms with Crippen LogP contribution < -0.4 is 0 Å². The van der Waals surface area contributed by atoms with Gasteiger partial charge >= 0.3 is 5.97 Å². The molecular formula is C22H30O2. The first-order valence-corrected chi connectivity index (χ1v) is 9.22. The molecule has 0 atom stereocenters. The van der Waals surface area contributed by atoms with Crippen LogP contribution in [-0.4, -0.2) is 12.6 Å². The number of ether oxygens (including phenoxy) is 1. The molecule has 2 heteroatoms. The molecule has 1 aromatic rings. The molecule has 1 fully saturated rings. The minimum atomic E-state index is -0.233. The van der Waals surface area contributed by atoms with Gasteiger partial charge in [-0.2, -0.15) is 0 Å². The number of hydrogen-bond donors (Lipinski definition) is 0. The number of allylic oxidation sites excluding steroid dienone is 1. The van der Waals surface area contributed by atoms with Crippen molar-refractivity contribution in [3.05, 3.63) is 47.0 Å². The second kappa shape index (κ2) is 5.75. The van der Waals surface area contributed by atoms with E-state index in [4.69, 9.17) is 4.74 Å². The molecule has 2 aliphatic rings. The van der Waals surface area contributed by atoms with Gasteiger partial charge < -0.3 is 4.74 Å². The van der Waals surface area contributed by atoms with Crippen LogP contribution in [0.4, 0.5) is 0 Å². The molecule has 2 aliphatic carbocycles. The summed E-state index contributed by atoms with van der Waals surface area (Å²) in [4.78, 5) is 11.7. The van der Waals surface area contributed by atoms with E-state index in [0.29, 0.717) is 6.61 Å². The summed E-state index contributed by atoms with van der Waals surface area (Å²) in [6.07, 6.45) is 8.37. The minimum Gasteiger partial charge on any atom is -0.463 e. The first kappa shape index (κ1) is 17.3. The number of carbonyl (C=O) groups excluding carboxylic acids is 1. The molecule has 0 saturated heterocycles. The van der Waals surface area contributed by atoms with Crippen LogP contribution in [0.3, 0.4) is 0 Å². The Morgan fingerprint density at radius 2 is 1.67 bits per heavy atom. The summed E-state index contributed by atoms with van der Waals surface area (Å²) in [6, 6.07) is 7.03. The SMILES string of the molecule is CCOC(=O)C=CC1(c2ccc3c(c2)C(C)(C)CCC3(C)C)CC1. The van der Waals surface area contributed by atoms with Gasteiger partial charge in [0, 0.05) is 11.5 Å². The second-order valence-electron chi connectivity index (χ2n) is 8.77. The van der Waals surface area contributed by atoms with Crippen molar-refractivity contribution in [3.8, 4) is 0 Å². The van der Waals surface area contributed by atoms with E-state index in [0.717, 1.165) is 12.8 Å². The molecule has 1 saturated carbocycles. The lowest BCUT2D eigenvalue weighted by molar-refractivity contribution is -0.137. The summed E-state index contributed by atoms with van der Waals surface area (Å²) in [5.74, 6) is -0.233. The molecule has 0 heterocycles. The third-order valence-corrected chi connectivity index (χ3v) is 6.04. The number of fused-ring (bicyclic) bond motifs is 1. The van der Waals surface area contributed by atoms with Crippen molar-refractivity contribution in [2.75, 3.05) is 6.61 Å². The molecule has 0 aromatic heterocycles. The van der Waals surface area contributed by atoms with E-state index in [9.17, 15) is 4.79 Å². The Morgan fingerprint density at radius 3 is 2.25 bits per heavy atom. The maximum atomic E-state index is 11.7. The van der Waals surface area contributed by atoms with Crippen LogP contribution in [0.15, 0.2) is 30.4 Å². The van der Waals surface area contributed by atoms with Gasteiger partial charge in [0.25, 0.3) is 0 Å². The standard InChI is InChI=1S/C22H30O2/c1-6-24-19(23)9-10-22(13-14-22)16-7-8-17-18(15-16)21(4,5)12-11-20(17,2)3/h7-10,15H,6,11-14H2,1-5H3. The van der Waals surface area contributed by atoms with E-state index in [1.54, 1.807) is 6.08 Å².